The molecule has 5 heterocycles. The maximum Gasteiger partial charge on any atom is 0.165 e. The lowest BCUT2D eigenvalue weighted by Gasteiger charge is -2.13. The summed E-state index contributed by atoms with van der Waals surface area (Å²) >= 11 is 0. The van der Waals surface area contributed by atoms with Crippen LogP contribution in [0.4, 0.5) is 0 Å². The summed E-state index contributed by atoms with van der Waals surface area (Å²) in [6.45, 7) is 32.8. The molecule has 9 rings (SSSR count). The quantitative estimate of drug-likeness (QED) is 0.0321. The standard InChI is InChI=1S/C72H82N8/c1-9-17-25-33-49-41-42-50(34-26-18-10-2)58-57(49)65-73-66(58)78-68-61-53(37-29-21-13-5)45-46-54(38-30-22-14-6)62(61)70(75-68)80-72-64-56(40-32-24-16-8)48-47-55(39-31-23-15-7)63(64)71(76-72)79-69-60-52(36-28-20-12-4)44-43-51(35-27-19-11-3)59(60)67(74-69)77-65/h9-16,41-48H,1-8,17-40H2,(H2,73,74,75,76,77,78,79,80). The van der Waals surface area contributed by atoms with Crippen molar-refractivity contribution < 1.29 is 0 Å². The summed E-state index contributed by atoms with van der Waals surface area (Å²) in [6, 6.07) is 18.5. The van der Waals surface area contributed by atoms with Gasteiger partial charge in [-0.2, -0.15) is 0 Å². The number of nitrogens with one attached hydrogen (secondary N) is 2. The van der Waals surface area contributed by atoms with Crippen LogP contribution in [-0.4, -0.2) is 39.9 Å². The SMILES string of the molecule is C=CCCCc1ccc(CCCC=C)c2c1-c1nc-2nc2[nH]c(nc3nc(nc4[nH]c(n1)c1c(CCCC=C)ccc(CCCC=C)c41)-c1c(CCCC=C)ccc(CCCC=C)c1-3)c1c(CCCC=C)ccc(CCCC=C)c21. The van der Waals surface area contributed by atoms with Gasteiger partial charge in [0.15, 0.2) is 23.3 Å². The largest absolute Gasteiger partial charge is 0.324 e. The second kappa shape index (κ2) is 27.8. The number of benzene rings is 4. The third-order valence-electron chi connectivity index (χ3n) is 16.0. The molecule has 0 fully saturated rings. The van der Waals surface area contributed by atoms with Crippen molar-refractivity contribution in [3.8, 4) is 45.6 Å². The van der Waals surface area contributed by atoms with E-state index < -0.39 is 0 Å². The van der Waals surface area contributed by atoms with Gasteiger partial charge >= 0.3 is 0 Å². The van der Waals surface area contributed by atoms with Gasteiger partial charge in [-0.3, -0.25) is 0 Å². The molecule has 7 aromatic rings. The van der Waals surface area contributed by atoms with E-state index in [0.717, 1.165) is 220 Å². The van der Waals surface area contributed by atoms with Gasteiger partial charge in [0.2, 0.25) is 0 Å². The Morgan fingerprint density at radius 1 is 0.250 bits per heavy atom. The second-order valence-electron chi connectivity index (χ2n) is 21.6. The third kappa shape index (κ3) is 12.5. The predicted octanol–water partition coefficient (Wildman–Crippen LogP) is 18.9. The Morgan fingerprint density at radius 3 is 0.613 bits per heavy atom. The Morgan fingerprint density at radius 2 is 0.425 bits per heavy atom. The van der Waals surface area contributed by atoms with Gasteiger partial charge in [0.1, 0.15) is 22.6 Å². The molecule has 0 atom stereocenters. The van der Waals surface area contributed by atoms with E-state index in [0.29, 0.717) is 23.3 Å². The van der Waals surface area contributed by atoms with Gasteiger partial charge in [-0.05, 0) is 199 Å². The summed E-state index contributed by atoms with van der Waals surface area (Å²) < 4.78 is 0. The topological polar surface area (TPSA) is 109 Å². The van der Waals surface area contributed by atoms with Crippen LogP contribution >= 0.6 is 0 Å². The fraction of sp³-hybridized carbons (Fsp3) is 0.333. The average Bonchev–Trinajstić information content (AvgIpc) is 4.30. The Labute approximate surface area is 475 Å². The minimum atomic E-state index is 0.652. The molecule has 0 amide bonds. The first-order chi connectivity index (χ1) is 39.4. The molecule has 3 aromatic heterocycles. The molecule has 0 saturated carbocycles. The number of aromatic amines is 2. The van der Waals surface area contributed by atoms with Crippen LogP contribution in [0.3, 0.4) is 0 Å². The van der Waals surface area contributed by atoms with Gasteiger partial charge in [0.05, 0.1) is 0 Å². The molecular weight excluding hydrogens is 977 g/mol. The average molecular weight is 1060 g/mol. The smallest absolute Gasteiger partial charge is 0.165 e. The van der Waals surface area contributed by atoms with Gasteiger partial charge in [-0.25, -0.2) is 29.9 Å². The third-order valence-corrected chi connectivity index (χ3v) is 16.0. The summed E-state index contributed by atoms with van der Waals surface area (Å²) in [7, 11) is 0. The van der Waals surface area contributed by atoms with Crippen molar-refractivity contribution in [3.05, 3.63) is 194 Å². The van der Waals surface area contributed by atoms with Crippen LogP contribution in [0.25, 0.3) is 89.7 Å². The van der Waals surface area contributed by atoms with E-state index in [2.05, 4.69) is 111 Å². The van der Waals surface area contributed by atoms with Crippen molar-refractivity contribution in [3.63, 3.8) is 0 Å². The van der Waals surface area contributed by atoms with Gasteiger partial charge in [0.25, 0.3) is 0 Å². The minimum absolute atomic E-state index is 0.652. The van der Waals surface area contributed by atoms with Gasteiger partial charge < -0.3 is 9.97 Å². The van der Waals surface area contributed by atoms with Gasteiger partial charge in [0, 0.05) is 43.8 Å². The monoisotopic (exact) mass is 1060 g/mol. The zero-order valence-electron chi connectivity index (χ0n) is 47.5. The normalized spacial score (nSPS) is 11.6. The van der Waals surface area contributed by atoms with Crippen molar-refractivity contribution in [2.75, 3.05) is 0 Å². The number of allylic oxidation sites excluding steroid dienone is 8. The molecular formula is C72H82N8. The number of unbranched alkanes of at least 4 members (excludes halogenated alkanes) is 8. The van der Waals surface area contributed by atoms with Crippen LogP contribution in [0.5, 0.6) is 0 Å². The maximum absolute atomic E-state index is 5.81. The van der Waals surface area contributed by atoms with E-state index in [-0.39, 0.29) is 0 Å². The van der Waals surface area contributed by atoms with E-state index in [4.69, 9.17) is 29.9 Å². The lowest BCUT2D eigenvalue weighted by atomic mass is 9.91. The maximum atomic E-state index is 5.81. The highest BCUT2D eigenvalue weighted by Crippen LogP contribution is 2.45. The Bertz CT molecular complexity index is 3170. The highest BCUT2D eigenvalue weighted by molar-refractivity contribution is 6.10. The molecule has 2 N–H and O–H groups in total. The number of fused-ring (bicyclic) bond motifs is 20. The molecule has 410 valence electrons. The van der Waals surface area contributed by atoms with E-state index in [9.17, 15) is 0 Å². The molecule has 0 unspecified atom stereocenters. The van der Waals surface area contributed by atoms with E-state index in [1.54, 1.807) is 0 Å². The summed E-state index contributed by atoms with van der Waals surface area (Å²) in [5.41, 5.74) is 16.8. The highest BCUT2D eigenvalue weighted by atomic mass is 15.1. The van der Waals surface area contributed by atoms with Crippen molar-refractivity contribution >= 4 is 44.1 Å². The zero-order chi connectivity index (χ0) is 55.8. The predicted molar refractivity (Wildman–Crippen MR) is 341 cm³/mol. The first kappa shape index (κ1) is 56.9. The number of aromatic nitrogens is 8. The van der Waals surface area contributed by atoms with Crippen molar-refractivity contribution in [2.24, 2.45) is 0 Å². The fourth-order valence-electron chi connectivity index (χ4n) is 12.0. The summed E-state index contributed by atoms with van der Waals surface area (Å²) in [6.07, 6.45) is 37.7. The van der Waals surface area contributed by atoms with Crippen molar-refractivity contribution in [1.29, 1.82) is 0 Å². The van der Waals surface area contributed by atoms with Crippen LogP contribution in [0, 0.1) is 0 Å². The number of H-pyrrole nitrogens is 2. The Hall–Kier alpha value is -7.84. The minimum Gasteiger partial charge on any atom is -0.324 e. The number of nitrogens with zero attached hydrogens (tertiary/aromatic N) is 6. The van der Waals surface area contributed by atoms with Crippen molar-refractivity contribution in [1.82, 2.24) is 39.9 Å². The van der Waals surface area contributed by atoms with Gasteiger partial charge in [-0.1, -0.05) is 97.1 Å². The van der Waals surface area contributed by atoms with Crippen LogP contribution < -0.4 is 0 Å². The summed E-state index contributed by atoms with van der Waals surface area (Å²) in [5, 5.41) is 4.29. The molecule has 4 aromatic carbocycles. The number of rotatable bonds is 32. The molecule has 8 nitrogen and oxygen atoms in total. The molecule has 80 heavy (non-hydrogen) atoms. The number of aryl methyl sites for hydroxylation is 8. The van der Waals surface area contributed by atoms with Crippen LogP contribution in [0.2, 0.25) is 0 Å². The van der Waals surface area contributed by atoms with E-state index >= 15 is 0 Å². The van der Waals surface area contributed by atoms with Gasteiger partial charge in [-0.15, -0.1) is 52.6 Å². The van der Waals surface area contributed by atoms with E-state index in [1.807, 2.05) is 48.6 Å². The first-order valence-corrected chi connectivity index (χ1v) is 29.7. The Balaban J connectivity index is 1.52. The lowest BCUT2D eigenvalue weighted by Crippen LogP contribution is -1.98. The number of hydrogen-bond acceptors (Lipinski definition) is 6. The van der Waals surface area contributed by atoms with Crippen LogP contribution in [0.1, 0.15) is 147 Å². The second-order valence-corrected chi connectivity index (χ2v) is 21.6. The Kier molecular flexibility index (Phi) is 19.8. The summed E-state index contributed by atoms with van der Waals surface area (Å²) in [4.78, 5) is 42.4. The first-order valence-electron chi connectivity index (χ1n) is 29.7. The van der Waals surface area contributed by atoms with Crippen LogP contribution in [-0.2, 0) is 51.4 Å². The molecule has 2 aliphatic heterocycles. The highest BCUT2D eigenvalue weighted by Gasteiger charge is 2.30. The van der Waals surface area contributed by atoms with E-state index in [1.165, 1.54) is 44.5 Å². The summed E-state index contributed by atoms with van der Waals surface area (Å²) in [5.74, 6) is 2.61. The molecule has 2 aliphatic rings. The van der Waals surface area contributed by atoms with Crippen molar-refractivity contribution in [2.45, 2.75) is 154 Å². The zero-order valence-corrected chi connectivity index (χ0v) is 47.5. The molecule has 0 spiro atoms. The molecule has 8 bridgehead atoms. The fourth-order valence-corrected chi connectivity index (χ4v) is 12.0. The molecule has 0 radical (unpaired) electrons. The van der Waals surface area contributed by atoms with Crippen LogP contribution in [0.15, 0.2) is 150 Å². The number of hydrogen-bond donors (Lipinski definition) is 2. The lowest BCUT2D eigenvalue weighted by molar-refractivity contribution is 0.834. The molecule has 0 saturated heterocycles. The molecule has 0 aliphatic carbocycles. The molecule has 8 heteroatoms.